The van der Waals surface area contributed by atoms with Crippen LogP contribution in [0, 0.1) is 5.41 Å². The van der Waals surface area contributed by atoms with Crippen molar-refractivity contribution in [1.29, 1.82) is 5.41 Å². The molecule has 1 rings (SSSR count). The molecule has 1 aromatic heterocycles. The van der Waals surface area contributed by atoms with E-state index in [1.165, 1.54) is 0 Å². The van der Waals surface area contributed by atoms with Gasteiger partial charge in [-0.3, -0.25) is 5.41 Å². The van der Waals surface area contributed by atoms with Gasteiger partial charge in [-0.15, -0.1) is 11.3 Å². The van der Waals surface area contributed by atoms with Crippen LogP contribution >= 0.6 is 11.3 Å². The Bertz CT molecular complexity index is 234. The molecule has 0 radical (unpaired) electrons. The third kappa shape index (κ3) is 1.54. The summed E-state index contributed by atoms with van der Waals surface area (Å²) in [5.74, 6) is 0. The van der Waals surface area contributed by atoms with E-state index in [-0.39, 0.29) is 0 Å². The lowest BCUT2D eigenvalue weighted by Crippen LogP contribution is -1.87. The van der Waals surface area contributed by atoms with Crippen molar-refractivity contribution >= 4 is 17.0 Å². The van der Waals surface area contributed by atoms with E-state index in [2.05, 4.69) is 0 Å². The molecule has 2 heteroatoms. The van der Waals surface area contributed by atoms with Crippen LogP contribution in [0.25, 0.3) is 0 Å². The van der Waals surface area contributed by atoms with Crippen molar-refractivity contribution in [2.75, 3.05) is 0 Å². The summed E-state index contributed by atoms with van der Waals surface area (Å²) >= 11 is 1.60. The van der Waals surface area contributed by atoms with Crippen molar-refractivity contribution in [3.05, 3.63) is 34.5 Å². The van der Waals surface area contributed by atoms with E-state index in [9.17, 15) is 0 Å². The number of allylic oxidation sites excluding steroid dienone is 2. The molecule has 0 bridgehead atoms. The molecule has 0 aromatic carbocycles. The van der Waals surface area contributed by atoms with Gasteiger partial charge < -0.3 is 0 Å². The minimum absolute atomic E-state index is 0.595. The quantitative estimate of drug-likeness (QED) is 0.628. The van der Waals surface area contributed by atoms with Crippen molar-refractivity contribution in [2.24, 2.45) is 0 Å². The summed E-state index contributed by atoms with van der Waals surface area (Å²) in [6.45, 7) is 1.92. The van der Waals surface area contributed by atoms with Gasteiger partial charge in [0.15, 0.2) is 0 Å². The van der Waals surface area contributed by atoms with Gasteiger partial charge in [-0.05, 0) is 24.4 Å². The number of rotatable bonds is 2. The molecule has 0 unspecified atom stereocenters. The standard InChI is InChI=1S/C8H9NS/c1-2-4-7(9)8-5-3-6-10-8/h2-6,9H,1H3/b4-2-,9-7?. The van der Waals surface area contributed by atoms with Crippen LogP contribution in [0.1, 0.15) is 11.8 Å². The van der Waals surface area contributed by atoms with Crippen molar-refractivity contribution in [3.63, 3.8) is 0 Å². The van der Waals surface area contributed by atoms with Crippen molar-refractivity contribution < 1.29 is 0 Å². The Hall–Kier alpha value is -0.890. The van der Waals surface area contributed by atoms with Gasteiger partial charge in [0.1, 0.15) is 0 Å². The molecule has 10 heavy (non-hydrogen) atoms. The lowest BCUT2D eigenvalue weighted by molar-refractivity contribution is 1.52. The van der Waals surface area contributed by atoms with Crippen LogP contribution in [0.5, 0.6) is 0 Å². The first kappa shape index (κ1) is 7.22. The normalized spacial score (nSPS) is 10.5. The SMILES string of the molecule is C/C=C\C(=N)c1cccs1. The van der Waals surface area contributed by atoms with Crippen molar-refractivity contribution in [1.82, 2.24) is 0 Å². The van der Waals surface area contributed by atoms with E-state index in [0.29, 0.717) is 5.71 Å². The Morgan fingerprint density at radius 3 is 3.00 bits per heavy atom. The summed E-state index contributed by atoms with van der Waals surface area (Å²) in [5, 5.41) is 9.45. The first-order valence-electron chi connectivity index (χ1n) is 3.09. The Kier molecular flexibility index (Phi) is 2.40. The number of hydrogen-bond donors (Lipinski definition) is 1. The van der Waals surface area contributed by atoms with Crippen LogP contribution in [0.2, 0.25) is 0 Å². The second-order valence-electron chi connectivity index (χ2n) is 1.89. The summed E-state index contributed by atoms with van der Waals surface area (Å²) in [7, 11) is 0. The summed E-state index contributed by atoms with van der Waals surface area (Å²) in [6.07, 6.45) is 3.67. The van der Waals surface area contributed by atoms with Gasteiger partial charge in [0.05, 0.1) is 10.6 Å². The summed E-state index contributed by atoms with van der Waals surface area (Å²) < 4.78 is 0. The van der Waals surface area contributed by atoms with Crippen molar-refractivity contribution in [2.45, 2.75) is 6.92 Å². The van der Waals surface area contributed by atoms with Crippen LogP contribution in [0.3, 0.4) is 0 Å². The molecule has 0 aliphatic carbocycles. The van der Waals surface area contributed by atoms with Gasteiger partial charge in [0.25, 0.3) is 0 Å². The van der Waals surface area contributed by atoms with E-state index in [4.69, 9.17) is 5.41 Å². The molecule has 1 N–H and O–H groups in total. The average molecular weight is 151 g/mol. The summed E-state index contributed by atoms with van der Waals surface area (Å²) in [6, 6.07) is 3.91. The predicted molar refractivity (Wildman–Crippen MR) is 46.0 cm³/mol. The fourth-order valence-corrected chi connectivity index (χ4v) is 1.34. The van der Waals surface area contributed by atoms with Crippen molar-refractivity contribution in [3.8, 4) is 0 Å². The second-order valence-corrected chi connectivity index (χ2v) is 2.84. The predicted octanol–water partition coefficient (Wildman–Crippen LogP) is 2.69. The van der Waals surface area contributed by atoms with E-state index in [0.717, 1.165) is 4.88 Å². The maximum atomic E-state index is 7.47. The lowest BCUT2D eigenvalue weighted by Gasteiger charge is -1.88. The monoisotopic (exact) mass is 151 g/mol. The smallest absolute Gasteiger partial charge is 0.0708 e. The van der Waals surface area contributed by atoms with Gasteiger partial charge >= 0.3 is 0 Å². The minimum atomic E-state index is 0.595. The first-order chi connectivity index (χ1) is 4.84. The zero-order valence-electron chi connectivity index (χ0n) is 5.79. The Morgan fingerprint density at radius 2 is 2.50 bits per heavy atom. The van der Waals surface area contributed by atoms with E-state index in [1.54, 1.807) is 17.4 Å². The molecule has 0 amide bonds. The molecule has 1 nitrogen and oxygen atoms in total. The highest BCUT2D eigenvalue weighted by Crippen LogP contribution is 2.09. The van der Waals surface area contributed by atoms with E-state index >= 15 is 0 Å². The molecule has 0 spiro atoms. The summed E-state index contributed by atoms with van der Waals surface area (Å²) in [4.78, 5) is 1.03. The summed E-state index contributed by atoms with van der Waals surface area (Å²) in [5.41, 5.74) is 0.595. The van der Waals surface area contributed by atoms with Gasteiger partial charge in [0, 0.05) is 0 Å². The van der Waals surface area contributed by atoms with E-state index < -0.39 is 0 Å². The highest BCUT2D eigenvalue weighted by Gasteiger charge is 1.94. The topological polar surface area (TPSA) is 23.9 Å². The second kappa shape index (κ2) is 3.32. The number of hydrogen-bond acceptors (Lipinski definition) is 2. The Morgan fingerprint density at radius 1 is 1.70 bits per heavy atom. The Balaban J connectivity index is 2.78. The molecule has 52 valence electrons. The fraction of sp³-hybridized carbons (Fsp3) is 0.125. The number of nitrogens with one attached hydrogen (secondary N) is 1. The molecule has 0 aliphatic rings. The minimum Gasteiger partial charge on any atom is -0.299 e. The van der Waals surface area contributed by atoms with Crippen LogP contribution in [0.4, 0.5) is 0 Å². The molecule has 0 fully saturated rings. The highest BCUT2D eigenvalue weighted by atomic mass is 32.1. The van der Waals surface area contributed by atoms with Gasteiger partial charge in [-0.25, -0.2) is 0 Å². The fourth-order valence-electron chi connectivity index (χ4n) is 0.681. The van der Waals surface area contributed by atoms with Crippen LogP contribution in [0.15, 0.2) is 29.7 Å². The molecule has 0 atom stereocenters. The lowest BCUT2D eigenvalue weighted by atomic mass is 10.3. The molecular weight excluding hydrogens is 142 g/mol. The van der Waals surface area contributed by atoms with E-state index in [1.807, 2.05) is 30.5 Å². The zero-order valence-corrected chi connectivity index (χ0v) is 6.61. The van der Waals surface area contributed by atoms with Crippen LogP contribution in [-0.4, -0.2) is 5.71 Å². The highest BCUT2D eigenvalue weighted by molar-refractivity contribution is 7.12. The molecule has 0 aliphatic heterocycles. The first-order valence-corrected chi connectivity index (χ1v) is 3.97. The number of thiophene rings is 1. The largest absolute Gasteiger partial charge is 0.299 e. The van der Waals surface area contributed by atoms with Gasteiger partial charge in [-0.2, -0.15) is 0 Å². The third-order valence-electron chi connectivity index (χ3n) is 1.12. The average Bonchev–Trinajstić information content (AvgIpc) is 2.38. The molecule has 0 saturated heterocycles. The van der Waals surface area contributed by atoms with Gasteiger partial charge in [-0.1, -0.05) is 12.1 Å². The maximum Gasteiger partial charge on any atom is 0.0708 e. The Labute approximate surface area is 64.5 Å². The molecule has 1 aromatic rings. The maximum absolute atomic E-state index is 7.47. The molecular formula is C8H9NS. The van der Waals surface area contributed by atoms with Crippen LogP contribution < -0.4 is 0 Å². The van der Waals surface area contributed by atoms with Crippen LogP contribution in [-0.2, 0) is 0 Å². The van der Waals surface area contributed by atoms with Gasteiger partial charge in [0.2, 0.25) is 0 Å². The molecule has 1 heterocycles. The zero-order chi connectivity index (χ0) is 7.40. The third-order valence-corrected chi connectivity index (χ3v) is 2.02. The molecule has 0 saturated carbocycles.